The summed E-state index contributed by atoms with van der Waals surface area (Å²) < 4.78 is 30.9. The maximum absolute atomic E-state index is 10.3. The average Bonchev–Trinajstić information content (AvgIpc) is 1.91. The van der Waals surface area contributed by atoms with E-state index >= 15 is 0 Å². The Hall–Kier alpha value is 0.480. The molecule has 1 rings (SSSR count). The van der Waals surface area contributed by atoms with Gasteiger partial charge in [0.1, 0.15) is 0 Å². The largest absolute Gasteiger partial charge is 1.00 e. The van der Waals surface area contributed by atoms with Gasteiger partial charge in [-0.15, -0.1) is 0 Å². The monoisotopic (exact) mass is 226 g/mol. The van der Waals surface area contributed by atoms with Gasteiger partial charge < -0.3 is 4.55 Å². The minimum absolute atomic E-state index is 0. The van der Waals surface area contributed by atoms with Crippen molar-refractivity contribution in [3.63, 3.8) is 0 Å². The van der Waals surface area contributed by atoms with Gasteiger partial charge in [-0.1, -0.05) is 17.7 Å². The number of rotatable bonds is 2. The molecule has 66 valence electrons. The second-order valence-electron chi connectivity index (χ2n) is 2.30. The first-order valence-corrected chi connectivity index (χ1v) is 5.93. The number of aryl methyl sites for hydroxylation is 1. The van der Waals surface area contributed by atoms with Crippen molar-refractivity contribution in [3.05, 3.63) is 29.8 Å². The Bertz CT molecular complexity index is 358. The number of benzene rings is 1. The van der Waals surface area contributed by atoms with Crippen molar-refractivity contribution in [1.82, 2.24) is 0 Å². The van der Waals surface area contributed by atoms with Crippen LogP contribution < -0.4 is 29.6 Å². The first-order chi connectivity index (χ1) is 5.47. The van der Waals surface area contributed by atoms with Crippen molar-refractivity contribution in [2.75, 3.05) is 0 Å². The summed E-state index contributed by atoms with van der Waals surface area (Å²) in [6.45, 7) is 1.89. The summed E-state index contributed by atoms with van der Waals surface area (Å²) in [7, 11) is -3.90. The fourth-order valence-corrected chi connectivity index (χ4v) is 2.24. The molecule has 0 aliphatic heterocycles. The van der Waals surface area contributed by atoms with Crippen LogP contribution in [0.1, 0.15) is 5.56 Å². The number of hydrogen-bond donors (Lipinski definition) is 0. The molecule has 1 aromatic carbocycles. The molecule has 3 nitrogen and oxygen atoms in total. The molecule has 13 heavy (non-hydrogen) atoms. The minimum atomic E-state index is -4.22. The van der Waals surface area contributed by atoms with Gasteiger partial charge in [0, 0.05) is 4.90 Å². The second kappa shape index (κ2) is 5.38. The molecule has 0 amide bonds. The molecule has 0 atom stereocenters. The van der Waals surface area contributed by atoms with Crippen molar-refractivity contribution in [3.8, 4) is 0 Å². The third-order valence-corrected chi connectivity index (χ3v) is 3.08. The molecule has 0 bridgehead atoms. The van der Waals surface area contributed by atoms with Gasteiger partial charge in [0.2, 0.25) is 0 Å². The molecule has 0 spiro atoms. The Morgan fingerprint density at radius 1 is 1.23 bits per heavy atom. The molecule has 0 unspecified atom stereocenters. The van der Waals surface area contributed by atoms with Crippen molar-refractivity contribution in [2.24, 2.45) is 0 Å². The zero-order valence-electron chi connectivity index (χ0n) is 7.35. The normalized spacial score (nSPS) is 10.6. The molecule has 0 saturated carbocycles. The first kappa shape index (κ1) is 13.5. The van der Waals surface area contributed by atoms with E-state index < -0.39 is 9.15 Å². The van der Waals surface area contributed by atoms with Crippen LogP contribution in [0.2, 0.25) is 0 Å². The van der Waals surface area contributed by atoms with Gasteiger partial charge in [0.25, 0.3) is 0 Å². The van der Waals surface area contributed by atoms with Crippen molar-refractivity contribution in [2.45, 2.75) is 11.8 Å². The number of hydrogen-bond acceptors (Lipinski definition) is 4. The van der Waals surface area contributed by atoms with E-state index in [1.165, 1.54) is 0 Å². The summed E-state index contributed by atoms with van der Waals surface area (Å²) in [5, 5.41) is 0. The first-order valence-electron chi connectivity index (χ1n) is 3.19. The zero-order chi connectivity index (χ0) is 9.19. The quantitative estimate of drug-likeness (QED) is 0.352. The third-order valence-electron chi connectivity index (χ3n) is 1.22. The van der Waals surface area contributed by atoms with E-state index in [1.54, 1.807) is 24.3 Å². The summed E-state index contributed by atoms with van der Waals surface area (Å²) >= 11 is 0. The smallest absolute Gasteiger partial charge is 0.739 e. The van der Waals surface area contributed by atoms with Crippen LogP contribution in [0.3, 0.4) is 0 Å². The third kappa shape index (κ3) is 5.72. The van der Waals surface area contributed by atoms with Crippen LogP contribution >= 0.6 is 10.8 Å². The summed E-state index contributed by atoms with van der Waals surface area (Å²) in [5.41, 5.74) is 1.03. The summed E-state index contributed by atoms with van der Waals surface area (Å²) in [5.74, 6) is 0. The summed E-state index contributed by atoms with van der Waals surface area (Å²) in [6.07, 6.45) is 0. The minimum Gasteiger partial charge on any atom is -0.739 e. The average molecular weight is 226 g/mol. The van der Waals surface area contributed by atoms with Crippen molar-refractivity contribution < 1.29 is 42.5 Å². The maximum atomic E-state index is 10.3. The molecule has 1 aromatic rings. The molecule has 0 saturated heterocycles. The Morgan fingerprint density at radius 2 is 1.69 bits per heavy atom. The van der Waals surface area contributed by atoms with Gasteiger partial charge in [0.15, 0.2) is 9.15 Å². The second-order valence-corrected chi connectivity index (χ2v) is 5.48. The van der Waals surface area contributed by atoms with Crippen LogP contribution in [0, 0.1) is 6.92 Å². The zero-order valence-corrected chi connectivity index (χ0v) is 11.0. The molecule has 0 aliphatic rings. The fourth-order valence-electron chi connectivity index (χ4n) is 0.712. The van der Waals surface area contributed by atoms with Crippen LogP contribution in [-0.2, 0) is 9.15 Å². The standard InChI is InChI=1S/C7H8O3S2.Na/c1-6-2-4-7(5-3-6)11-12(8,9)10;/h2-5H,1H3,(H,8,9,10);/q;+1/p-1. The molecule has 0 fully saturated rings. The van der Waals surface area contributed by atoms with E-state index in [0.29, 0.717) is 15.7 Å². The van der Waals surface area contributed by atoms with Crippen molar-refractivity contribution in [1.29, 1.82) is 0 Å². The maximum Gasteiger partial charge on any atom is 1.00 e. The predicted octanol–water partition coefficient (Wildman–Crippen LogP) is -1.45. The SMILES string of the molecule is Cc1ccc(SS(=O)(=O)[O-])cc1.[Na+]. The molecule has 0 aliphatic carbocycles. The molecule has 0 aromatic heterocycles. The topological polar surface area (TPSA) is 57.2 Å². The van der Waals surface area contributed by atoms with Gasteiger partial charge in [-0.25, -0.2) is 8.42 Å². The predicted molar refractivity (Wildman–Crippen MR) is 46.7 cm³/mol. The Morgan fingerprint density at radius 3 is 2.08 bits per heavy atom. The van der Waals surface area contributed by atoms with E-state index in [0.717, 1.165) is 5.56 Å². The van der Waals surface area contributed by atoms with Crippen molar-refractivity contribution >= 4 is 19.9 Å². The van der Waals surface area contributed by atoms with Gasteiger partial charge in [-0.2, -0.15) is 0 Å². The van der Waals surface area contributed by atoms with Crippen LogP contribution in [-0.4, -0.2) is 13.0 Å². The van der Waals surface area contributed by atoms with Gasteiger partial charge in [-0.05, 0) is 29.9 Å². The Labute approximate surface area is 103 Å². The van der Waals surface area contributed by atoms with E-state index in [4.69, 9.17) is 0 Å². The van der Waals surface area contributed by atoms with E-state index in [9.17, 15) is 13.0 Å². The molecular formula is C7H7NaO3S2. The summed E-state index contributed by atoms with van der Waals surface area (Å²) in [4.78, 5) is 0.454. The van der Waals surface area contributed by atoms with Gasteiger partial charge in [0.05, 0.1) is 0 Å². The van der Waals surface area contributed by atoms with E-state index in [1.807, 2.05) is 6.92 Å². The molecule has 0 N–H and O–H groups in total. The Balaban J connectivity index is 0.00000144. The van der Waals surface area contributed by atoms with Gasteiger partial charge >= 0.3 is 29.6 Å². The molecule has 0 heterocycles. The van der Waals surface area contributed by atoms with Crippen LogP contribution in [0.5, 0.6) is 0 Å². The van der Waals surface area contributed by atoms with Crippen LogP contribution in [0.25, 0.3) is 0 Å². The molecule has 0 radical (unpaired) electrons. The van der Waals surface area contributed by atoms with Crippen LogP contribution in [0.15, 0.2) is 29.2 Å². The van der Waals surface area contributed by atoms with Gasteiger partial charge in [-0.3, -0.25) is 0 Å². The molecule has 6 heteroatoms. The van der Waals surface area contributed by atoms with E-state index in [2.05, 4.69) is 0 Å². The Kier molecular flexibility index (Phi) is 5.58. The fraction of sp³-hybridized carbons (Fsp3) is 0.143. The van der Waals surface area contributed by atoms with E-state index in [-0.39, 0.29) is 29.6 Å². The van der Waals surface area contributed by atoms with Crippen LogP contribution in [0.4, 0.5) is 0 Å². The molecular weight excluding hydrogens is 219 g/mol. The summed E-state index contributed by atoms with van der Waals surface area (Å²) in [6, 6.07) is 6.73.